The van der Waals surface area contributed by atoms with Crippen LogP contribution in [-0.2, 0) is 28.6 Å². The van der Waals surface area contributed by atoms with Crippen molar-refractivity contribution >= 4 is 17.9 Å². The minimum Gasteiger partial charge on any atom is -0.462 e. The van der Waals surface area contributed by atoms with Crippen molar-refractivity contribution < 1.29 is 28.6 Å². The van der Waals surface area contributed by atoms with Crippen LogP contribution >= 0.6 is 0 Å². The molecule has 0 heterocycles. The Kier molecular flexibility index (Phi) is 60.3. The SMILES string of the molecule is CC/C=C\C/C=C\C/C=C\C/C=C\CCCCCCCCCCCCCCCCCCC(=O)OCC(COC(=O)CCCCCCC/C=C\CCCCCCC)OC(=O)CCCCCCC/C=C\C/C=C\CCCC. The van der Waals surface area contributed by atoms with Gasteiger partial charge in [0.25, 0.3) is 0 Å². The van der Waals surface area contributed by atoms with E-state index < -0.39 is 6.10 Å². The molecule has 0 N–H and O–H groups in total. The van der Waals surface area contributed by atoms with Gasteiger partial charge >= 0.3 is 17.9 Å². The summed E-state index contributed by atoms with van der Waals surface area (Å²) in [5.74, 6) is -0.894. The van der Waals surface area contributed by atoms with Gasteiger partial charge in [-0.1, -0.05) is 273 Å². The van der Waals surface area contributed by atoms with Crippen LogP contribution in [0.25, 0.3) is 0 Å². The first-order valence-electron chi connectivity index (χ1n) is 32.1. The van der Waals surface area contributed by atoms with E-state index in [-0.39, 0.29) is 31.1 Å². The lowest BCUT2D eigenvalue weighted by atomic mass is 10.0. The molecule has 0 aromatic carbocycles. The zero-order chi connectivity index (χ0) is 54.3. The van der Waals surface area contributed by atoms with E-state index in [1.807, 2.05) is 0 Å². The molecule has 432 valence electrons. The van der Waals surface area contributed by atoms with Crippen molar-refractivity contribution in [2.45, 2.75) is 322 Å². The summed E-state index contributed by atoms with van der Waals surface area (Å²) in [4.78, 5) is 38.2. The van der Waals surface area contributed by atoms with Crippen LogP contribution in [0.4, 0.5) is 0 Å². The van der Waals surface area contributed by atoms with Gasteiger partial charge in [-0.3, -0.25) is 14.4 Å². The molecule has 0 aliphatic heterocycles. The highest BCUT2D eigenvalue weighted by Crippen LogP contribution is 2.16. The molecule has 0 aromatic rings. The molecule has 0 saturated carbocycles. The largest absolute Gasteiger partial charge is 0.462 e. The molecular formula is C69H120O6. The van der Waals surface area contributed by atoms with E-state index in [2.05, 4.69) is 106 Å². The van der Waals surface area contributed by atoms with Crippen LogP contribution in [0.3, 0.4) is 0 Å². The number of carbonyl (C=O) groups excluding carboxylic acids is 3. The first-order valence-corrected chi connectivity index (χ1v) is 32.1. The molecule has 0 bridgehead atoms. The smallest absolute Gasteiger partial charge is 0.306 e. The maximum Gasteiger partial charge on any atom is 0.306 e. The van der Waals surface area contributed by atoms with Gasteiger partial charge in [0.2, 0.25) is 0 Å². The van der Waals surface area contributed by atoms with E-state index in [9.17, 15) is 14.4 Å². The zero-order valence-corrected chi connectivity index (χ0v) is 49.6. The molecular weight excluding hydrogens is 925 g/mol. The molecule has 0 fully saturated rings. The topological polar surface area (TPSA) is 78.9 Å². The van der Waals surface area contributed by atoms with Gasteiger partial charge < -0.3 is 14.2 Å². The standard InChI is InChI=1S/C69H120O6/c1-4-7-10-13-16-19-22-25-28-29-30-31-32-33-34-35-36-37-38-39-40-41-42-45-47-50-53-56-59-62-68(71)74-65-66(75-69(72)63-60-57-54-51-48-44-27-24-21-18-15-12-9-6-3)64-73-67(70)61-58-55-52-49-46-43-26-23-20-17-14-11-8-5-2/h7,10,15-16,18-19,23-28,30-31,66H,4-6,8-9,11-14,17,20-22,29,32-65H2,1-3H3/b10-7-,18-15-,19-16-,26-23-,27-24-,28-25-,31-30-. The molecule has 75 heavy (non-hydrogen) atoms. The van der Waals surface area contributed by atoms with Gasteiger partial charge in [-0.05, 0) is 109 Å². The minimum absolute atomic E-state index is 0.0824. The summed E-state index contributed by atoms with van der Waals surface area (Å²) < 4.78 is 16.9. The molecule has 0 saturated heterocycles. The van der Waals surface area contributed by atoms with Crippen LogP contribution in [0.2, 0.25) is 0 Å². The lowest BCUT2D eigenvalue weighted by Gasteiger charge is -2.18. The maximum absolute atomic E-state index is 12.9. The van der Waals surface area contributed by atoms with Crippen LogP contribution < -0.4 is 0 Å². The Labute approximate surface area is 465 Å². The number of carbonyl (C=O) groups is 3. The Hall–Kier alpha value is -3.41. The summed E-state index contributed by atoms with van der Waals surface area (Å²) in [5.41, 5.74) is 0. The summed E-state index contributed by atoms with van der Waals surface area (Å²) in [7, 11) is 0. The summed E-state index contributed by atoms with van der Waals surface area (Å²) >= 11 is 0. The zero-order valence-electron chi connectivity index (χ0n) is 49.6. The monoisotopic (exact) mass is 1040 g/mol. The van der Waals surface area contributed by atoms with Crippen molar-refractivity contribution in [3.8, 4) is 0 Å². The van der Waals surface area contributed by atoms with E-state index in [1.54, 1.807) is 0 Å². The van der Waals surface area contributed by atoms with Gasteiger partial charge in [-0.2, -0.15) is 0 Å². The Morgan fingerprint density at radius 1 is 0.280 bits per heavy atom. The third-order valence-corrected chi connectivity index (χ3v) is 13.9. The van der Waals surface area contributed by atoms with Crippen molar-refractivity contribution in [1.82, 2.24) is 0 Å². The van der Waals surface area contributed by atoms with Crippen LogP contribution in [0.1, 0.15) is 316 Å². The normalized spacial score (nSPS) is 12.6. The van der Waals surface area contributed by atoms with Crippen LogP contribution in [0.15, 0.2) is 85.1 Å². The predicted octanol–water partition coefficient (Wildman–Crippen LogP) is 21.9. The third kappa shape index (κ3) is 61.3. The van der Waals surface area contributed by atoms with Gasteiger partial charge in [0.15, 0.2) is 6.10 Å². The third-order valence-electron chi connectivity index (χ3n) is 13.9. The Morgan fingerprint density at radius 3 is 0.867 bits per heavy atom. The highest BCUT2D eigenvalue weighted by atomic mass is 16.6. The molecule has 6 heteroatoms. The molecule has 0 rings (SSSR count). The van der Waals surface area contributed by atoms with Gasteiger partial charge in [0.1, 0.15) is 13.2 Å². The molecule has 0 amide bonds. The van der Waals surface area contributed by atoms with Crippen LogP contribution in [0, 0.1) is 0 Å². The Balaban J connectivity index is 4.21. The molecule has 0 aromatic heterocycles. The van der Waals surface area contributed by atoms with Crippen molar-refractivity contribution in [2.75, 3.05) is 13.2 Å². The van der Waals surface area contributed by atoms with E-state index in [4.69, 9.17) is 14.2 Å². The number of ether oxygens (including phenoxy) is 3. The molecule has 1 atom stereocenters. The molecule has 0 aliphatic carbocycles. The second kappa shape index (κ2) is 63.1. The molecule has 1 unspecified atom stereocenters. The fourth-order valence-electron chi connectivity index (χ4n) is 9.03. The van der Waals surface area contributed by atoms with Crippen molar-refractivity contribution in [2.24, 2.45) is 0 Å². The van der Waals surface area contributed by atoms with Gasteiger partial charge in [-0.25, -0.2) is 0 Å². The second-order valence-corrected chi connectivity index (χ2v) is 21.3. The summed E-state index contributed by atoms with van der Waals surface area (Å²) in [6.45, 7) is 6.49. The summed E-state index contributed by atoms with van der Waals surface area (Å²) in [6.07, 6.45) is 83.1. The Morgan fingerprint density at radius 2 is 0.533 bits per heavy atom. The first kappa shape index (κ1) is 71.6. The fourth-order valence-corrected chi connectivity index (χ4v) is 9.03. The van der Waals surface area contributed by atoms with Gasteiger partial charge in [-0.15, -0.1) is 0 Å². The molecule has 0 aliphatic rings. The van der Waals surface area contributed by atoms with Crippen LogP contribution in [0.5, 0.6) is 0 Å². The highest BCUT2D eigenvalue weighted by Gasteiger charge is 2.19. The molecule has 6 nitrogen and oxygen atoms in total. The van der Waals surface area contributed by atoms with Gasteiger partial charge in [0, 0.05) is 19.3 Å². The average Bonchev–Trinajstić information content (AvgIpc) is 3.41. The van der Waals surface area contributed by atoms with E-state index >= 15 is 0 Å². The number of rotatable bonds is 58. The molecule has 0 radical (unpaired) electrons. The summed E-state index contributed by atoms with van der Waals surface area (Å²) in [6, 6.07) is 0. The first-order chi connectivity index (χ1) is 37.0. The maximum atomic E-state index is 12.9. The highest BCUT2D eigenvalue weighted by molar-refractivity contribution is 5.71. The predicted molar refractivity (Wildman–Crippen MR) is 325 cm³/mol. The number of hydrogen-bond acceptors (Lipinski definition) is 6. The minimum atomic E-state index is -0.786. The van der Waals surface area contributed by atoms with Crippen molar-refractivity contribution in [3.05, 3.63) is 85.1 Å². The van der Waals surface area contributed by atoms with Crippen LogP contribution in [-0.4, -0.2) is 37.2 Å². The number of unbranched alkanes of at least 4 members (excludes halogenated alkanes) is 33. The number of allylic oxidation sites excluding steroid dienone is 14. The molecule has 0 spiro atoms. The fraction of sp³-hybridized carbons (Fsp3) is 0.754. The quantitative estimate of drug-likeness (QED) is 0.0261. The van der Waals surface area contributed by atoms with Gasteiger partial charge in [0.05, 0.1) is 0 Å². The average molecular weight is 1050 g/mol. The van der Waals surface area contributed by atoms with Crippen molar-refractivity contribution in [3.63, 3.8) is 0 Å². The number of esters is 3. The lowest BCUT2D eigenvalue weighted by Crippen LogP contribution is -2.30. The summed E-state index contributed by atoms with van der Waals surface area (Å²) in [5, 5.41) is 0. The van der Waals surface area contributed by atoms with E-state index in [0.29, 0.717) is 19.3 Å². The lowest BCUT2D eigenvalue weighted by molar-refractivity contribution is -0.167. The second-order valence-electron chi connectivity index (χ2n) is 21.3. The van der Waals surface area contributed by atoms with Crippen molar-refractivity contribution in [1.29, 1.82) is 0 Å². The Bertz CT molecular complexity index is 1430. The van der Waals surface area contributed by atoms with E-state index in [0.717, 1.165) is 116 Å². The number of hydrogen-bond donors (Lipinski definition) is 0. The van der Waals surface area contributed by atoms with E-state index in [1.165, 1.54) is 161 Å².